The van der Waals surface area contributed by atoms with Gasteiger partial charge < -0.3 is 14.0 Å². The second-order valence-electron chi connectivity index (χ2n) is 7.00. The lowest BCUT2D eigenvalue weighted by Gasteiger charge is -2.17. The Balaban J connectivity index is 1.99. The van der Waals surface area contributed by atoms with E-state index < -0.39 is 0 Å². The van der Waals surface area contributed by atoms with Gasteiger partial charge in [0.2, 0.25) is 0 Å². The molecule has 0 radical (unpaired) electrons. The van der Waals surface area contributed by atoms with E-state index in [9.17, 15) is 4.79 Å². The average Bonchev–Trinajstić information content (AvgIpc) is 2.76. The average molecular weight is 385 g/mol. The molecule has 0 N–H and O–H groups in total. The van der Waals surface area contributed by atoms with Crippen LogP contribution in [0.3, 0.4) is 0 Å². The summed E-state index contributed by atoms with van der Waals surface area (Å²) in [5, 5.41) is 1.35. The predicted molar refractivity (Wildman–Crippen MR) is 118 cm³/mol. The van der Waals surface area contributed by atoms with Crippen LogP contribution in [-0.2, 0) is 7.05 Å². The number of nitrogens with zero attached hydrogens (tertiary/aromatic N) is 1. The summed E-state index contributed by atoms with van der Waals surface area (Å²) in [6, 6.07) is 22.3. The predicted octanol–water partition coefficient (Wildman–Crippen LogP) is 5.20. The molecule has 0 amide bonds. The van der Waals surface area contributed by atoms with E-state index in [0.717, 1.165) is 33.3 Å². The van der Waals surface area contributed by atoms with Crippen molar-refractivity contribution in [2.24, 2.45) is 7.05 Å². The van der Waals surface area contributed by atoms with Crippen molar-refractivity contribution in [3.63, 3.8) is 0 Å². The van der Waals surface area contributed by atoms with Crippen LogP contribution in [0.5, 0.6) is 11.5 Å². The minimum Gasteiger partial charge on any atom is -0.493 e. The highest BCUT2D eigenvalue weighted by atomic mass is 16.5. The number of rotatable bonds is 4. The third kappa shape index (κ3) is 3.07. The van der Waals surface area contributed by atoms with Gasteiger partial charge in [-0.1, -0.05) is 54.6 Å². The molecule has 29 heavy (non-hydrogen) atoms. The summed E-state index contributed by atoms with van der Waals surface area (Å²) in [7, 11) is 4.92. The number of aromatic nitrogens is 1. The Labute approximate surface area is 170 Å². The summed E-state index contributed by atoms with van der Waals surface area (Å²) in [6.45, 7) is 2.10. The van der Waals surface area contributed by atoms with Gasteiger partial charge in [0, 0.05) is 12.6 Å². The monoisotopic (exact) mass is 385 g/mol. The van der Waals surface area contributed by atoms with E-state index >= 15 is 0 Å². The first-order valence-corrected chi connectivity index (χ1v) is 9.47. The highest BCUT2D eigenvalue weighted by Gasteiger charge is 2.17. The topological polar surface area (TPSA) is 40.5 Å². The zero-order chi connectivity index (χ0) is 20.5. The molecule has 0 saturated heterocycles. The summed E-state index contributed by atoms with van der Waals surface area (Å²) in [4.78, 5) is 13.3. The number of hydrogen-bond acceptors (Lipinski definition) is 3. The SMILES string of the molecule is COc1ccc2cc(-c3cccc(-c4ccccc4)c3C)n(C)c(=O)c2c1OC. The third-order valence-electron chi connectivity index (χ3n) is 5.44. The van der Waals surface area contributed by atoms with Crippen molar-refractivity contribution >= 4 is 10.8 Å². The highest BCUT2D eigenvalue weighted by Crippen LogP contribution is 2.36. The number of benzene rings is 3. The summed E-state index contributed by atoms with van der Waals surface area (Å²) < 4.78 is 12.5. The van der Waals surface area contributed by atoms with Gasteiger partial charge >= 0.3 is 0 Å². The molecular formula is C25H23NO3. The Bertz CT molecular complexity index is 1260. The molecule has 1 heterocycles. The number of fused-ring (bicyclic) bond motifs is 1. The van der Waals surface area contributed by atoms with E-state index in [2.05, 4.69) is 31.2 Å². The van der Waals surface area contributed by atoms with Crippen molar-refractivity contribution in [2.45, 2.75) is 6.92 Å². The van der Waals surface area contributed by atoms with Crippen LogP contribution in [0.25, 0.3) is 33.2 Å². The molecule has 0 fully saturated rings. The summed E-state index contributed by atoms with van der Waals surface area (Å²) in [5.41, 5.74) is 5.23. The van der Waals surface area contributed by atoms with Crippen LogP contribution in [0.1, 0.15) is 5.56 Å². The maximum atomic E-state index is 13.3. The smallest absolute Gasteiger partial charge is 0.262 e. The third-order valence-corrected chi connectivity index (χ3v) is 5.44. The van der Waals surface area contributed by atoms with Gasteiger partial charge in [-0.25, -0.2) is 0 Å². The van der Waals surface area contributed by atoms with Gasteiger partial charge in [-0.3, -0.25) is 4.79 Å². The molecule has 146 valence electrons. The van der Waals surface area contributed by atoms with Crippen LogP contribution >= 0.6 is 0 Å². The van der Waals surface area contributed by atoms with Crippen LogP contribution < -0.4 is 15.0 Å². The lowest BCUT2D eigenvalue weighted by atomic mass is 9.94. The Kier molecular flexibility index (Phi) is 4.85. The van der Waals surface area contributed by atoms with Crippen molar-refractivity contribution in [3.05, 3.63) is 82.6 Å². The molecule has 0 spiro atoms. The standard InChI is InChI=1S/C25H23NO3/c1-16-19(17-9-6-5-7-10-17)11-8-12-20(16)21-15-18-13-14-22(28-3)24(29-4)23(18)25(27)26(21)2/h5-15H,1-4H3. The van der Waals surface area contributed by atoms with Crippen LogP contribution in [0.2, 0.25) is 0 Å². The van der Waals surface area contributed by atoms with Crippen molar-refractivity contribution in [3.8, 4) is 33.9 Å². The second kappa shape index (κ2) is 7.47. The molecule has 0 unspecified atom stereocenters. The molecule has 4 heteroatoms. The lowest BCUT2D eigenvalue weighted by molar-refractivity contribution is 0.358. The van der Waals surface area contributed by atoms with Crippen molar-refractivity contribution < 1.29 is 9.47 Å². The van der Waals surface area contributed by atoms with Gasteiger partial charge in [0.15, 0.2) is 11.5 Å². The Hall–Kier alpha value is -3.53. The largest absolute Gasteiger partial charge is 0.493 e. The Morgan fingerprint density at radius 1 is 0.828 bits per heavy atom. The van der Waals surface area contributed by atoms with Crippen molar-refractivity contribution in [1.82, 2.24) is 4.57 Å². The molecule has 0 aliphatic rings. The molecule has 4 aromatic rings. The maximum Gasteiger partial charge on any atom is 0.262 e. The van der Waals surface area contributed by atoms with E-state index in [4.69, 9.17) is 9.47 Å². The van der Waals surface area contributed by atoms with Gasteiger partial charge in [-0.05, 0) is 41.1 Å². The first-order chi connectivity index (χ1) is 14.1. The molecular weight excluding hydrogens is 362 g/mol. The zero-order valence-corrected chi connectivity index (χ0v) is 17.0. The Morgan fingerprint density at radius 3 is 2.24 bits per heavy atom. The van der Waals surface area contributed by atoms with Crippen molar-refractivity contribution in [1.29, 1.82) is 0 Å². The lowest BCUT2D eigenvalue weighted by Crippen LogP contribution is -2.19. The fourth-order valence-corrected chi connectivity index (χ4v) is 3.91. The fourth-order valence-electron chi connectivity index (χ4n) is 3.91. The summed E-state index contributed by atoms with van der Waals surface area (Å²) >= 11 is 0. The molecule has 3 aromatic carbocycles. The first kappa shape index (κ1) is 18.8. The molecule has 1 aromatic heterocycles. The molecule has 0 aliphatic carbocycles. The number of pyridine rings is 1. The van der Waals surface area contributed by atoms with Crippen LogP contribution in [0, 0.1) is 6.92 Å². The number of methoxy groups -OCH3 is 2. The van der Waals surface area contributed by atoms with E-state index in [1.54, 1.807) is 25.8 Å². The van der Waals surface area contributed by atoms with E-state index in [1.165, 1.54) is 0 Å². The molecule has 0 saturated carbocycles. The maximum absolute atomic E-state index is 13.3. The molecule has 4 rings (SSSR count). The highest BCUT2D eigenvalue weighted by molar-refractivity contribution is 5.93. The van der Waals surface area contributed by atoms with Crippen LogP contribution in [-0.4, -0.2) is 18.8 Å². The first-order valence-electron chi connectivity index (χ1n) is 9.47. The van der Waals surface area contributed by atoms with Gasteiger partial charge in [-0.2, -0.15) is 0 Å². The minimum absolute atomic E-state index is 0.113. The van der Waals surface area contributed by atoms with Gasteiger partial charge in [0.25, 0.3) is 5.56 Å². The summed E-state index contributed by atoms with van der Waals surface area (Å²) in [6.07, 6.45) is 0. The number of ether oxygens (including phenoxy) is 2. The van der Waals surface area contributed by atoms with Crippen LogP contribution in [0.4, 0.5) is 0 Å². The van der Waals surface area contributed by atoms with E-state index in [0.29, 0.717) is 16.9 Å². The normalized spacial score (nSPS) is 10.9. The molecule has 0 bridgehead atoms. The minimum atomic E-state index is -0.113. The number of hydrogen-bond donors (Lipinski definition) is 0. The van der Waals surface area contributed by atoms with Crippen molar-refractivity contribution in [2.75, 3.05) is 14.2 Å². The molecule has 0 aliphatic heterocycles. The van der Waals surface area contributed by atoms with E-state index in [1.807, 2.05) is 42.5 Å². The van der Waals surface area contributed by atoms with Gasteiger partial charge in [0.05, 0.1) is 25.3 Å². The van der Waals surface area contributed by atoms with Gasteiger partial charge in [-0.15, -0.1) is 0 Å². The second-order valence-corrected chi connectivity index (χ2v) is 7.00. The van der Waals surface area contributed by atoms with Gasteiger partial charge in [0.1, 0.15) is 0 Å². The zero-order valence-electron chi connectivity index (χ0n) is 17.0. The molecule has 0 atom stereocenters. The molecule has 4 nitrogen and oxygen atoms in total. The fraction of sp³-hybridized carbons (Fsp3) is 0.160. The summed E-state index contributed by atoms with van der Waals surface area (Å²) in [5.74, 6) is 1.01. The van der Waals surface area contributed by atoms with Crippen LogP contribution in [0.15, 0.2) is 71.5 Å². The van der Waals surface area contributed by atoms with E-state index in [-0.39, 0.29) is 5.56 Å². The Morgan fingerprint density at radius 2 is 1.55 bits per heavy atom. The quantitative estimate of drug-likeness (QED) is 0.485.